The minimum atomic E-state index is 0.139. The van der Waals surface area contributed by atoms with Crippen molar-refractivity contribution in [2.24, 2.45) is 5.92 Å². The van der Waals surface area contributed by atoms with Crippen LogP contribution < -0.4 is 0 Å². The molecule has 1 aromatic heterocycles. The summed E-state index contributed by atoms with van der Waals surface area (Å²) in [5.74, 6) is 0.421. The highest BCUT2D eigenvalue weighted by Gasteiger charge is 2.31. The Morgan fingerprint density at radius 1 is 1.32 bits per heavy atom. The Kier molecular flexibility index (Phi) is 6.43. The van der Waals surface area contributed by atoms with E-state index in [9.17, 15) is 4.79 Å². The highest BCUT2D eigenvalue weighted by atomic mass is 16.5. The van der Waals surface area contributed by atoms with Gasteiger partial charge in [0, 0.05) is 31.3 Å². The third-order valence-electron chi connectivity index (χ3n) is 5.45. The van der Waals surface area contributed by atoms with Gasteiger partial charge in [0.2, 0.25) is 5.91 Å². The van der Waals surface area contributed by atoms with Crippen molar-refractivity contribution in [3.05, 3.63) is 30.1 Å². The number of hydrogen-bond donors (Lipinski definition) is 0. The number of aromatic nitrogens is 1. The Bertz CT molecular complexity index is 535. The van der Waals surface area contributed by atoms with Gasteiger partial charge in [-0.25, -0.2) is 0 Å². The molecular formula is C20H31N3O2. The molecule has 3 heterocycles. The molecule has 2 aliphatic rings. The average molecular weight is 345 g/mol. The molecule has 0 spiro atoms. The molecule has 25 heavy (non-hydrogen) atoms. The minimum absolute atomic E-state index is 0.139. The number of carbonyl (C=O) groups is 1. The van der Waals surface area contributed by atoms with Gasteiger partial charge >= 0.3 is 0 Å². The number of piperidine rings is 1. The van der Waals surface area contributed by atoms with Gasteiger partial charge in [0.1, 0.15) is 0 Å². The maximum atomic E-state index is 13.2. The van der Waals surface area contributed by atoms with E-state index in [0.717, 1.165) is 51.1 Å². The molecule has 138 valence electrons. The van der Waals surface area contributed by atoms with E-state index in [1.54, 1.807) is 6.20 Å². The zero-order chi connectivity index (χ0) is 17.6. The first-order valence-corrected chi connectivity index (χ1v) is 9.68. The molecule has 2 saturated heterocycles. The molecule has 5 heteroatoms. The molecule has 1 atom stereocenters. The lowest BCUT2D eigenvalue weighted by atomic mass is 9.94. The summed E-state index contributed by atoms with van der Waals surface area (Å²) in [4.78, 5) is 22.1. The Balaban J connectivity index is 1.64. The summed E-state index contributed by atoms with van der Waals surface area (Å²) in [6, 6.07) is 6.46. The lowest BCUT2D eigenvalue weighted by Gasteiger charge is -2.36. The van der Waals surface area contributed by atoms with E-state index in [1.165, 1.54) is 0 Å². The summed E-state index contributed by atoms with van der Waals surface area (Å²) in [6.07, 6.45) is 6.05. The molecule has 0 N–H and O–H groups in total. The van der Waals surface area contributed by atoms with Gasteiger partial charge in [-0.1, -0.05) is 6.07 Å². The van der Waals surface area contributed by atoms with Crippen molar-refractivity contribution in [2.45, 2.75) is 58.2 Å². The largest absolute Gasteiger partial charge is 0.376 e. The van der Waals surface area contributed by atoms with Crippen LogP contribution in [0.25, 0.3) is 0 Å². The number of ether oxygens (including phenoxy) is 1. The number of carbonyl (C=O) groups excluding carboxylic acids is 1. The number of amides is 1. The highest BCUT2D eigenvalue weighted by Crippen LogP contribution is 2.23. The summed E-state index contributed by atoms with van der Waals surface area (Å²) in [6.45, 7) is 8.60. The summed E-state index contributed by atoms with van der Waals surface area (Å²) in [5.41, 5.74) is 0.952. The summed E-state index contributed by atoms with van der Waals surface area (Å²) in [7, 11) is 0. The Morgan fingerprint density at radius 2 is 2.12 bits per heavy atom. The van der Waals surface area contributed by atoms with Crippen LogP contribution in [0.5, 0.6) is 0 Å². The quantitative estimate of drug-likeness (QED) is 0.795. The zero-order valence-corrected chi connectivity index (χ0v) is 15.6. The van der Waals surface area contributed by atoms with Crippen LogP contribution in [0.2, 0.25) is 0 Å². The second kappa shape index (κ2) is 8.77. The van der Waals surface area contributed by atoms with Crippen LogP contribution in [0.3, 0.4) is 0 Å². The number of hydrogen-bond acceptors (Lipinski definition) is 4. The first-order chi connectivity index (χ1) is 12.1. The van der Waals surface area contributed by atoms with Crippen LogP contribution in [0.1, 0.15) is 45.2 Å². The van der Waals surface area contributed by atoms with Gasteiger partial charge in [0.15, 0.2) is 0 Å². The molecular weight excluding hydrogens is 314 g/mol. The van der Waals surface area contributed by atoms with E-state index in [1.807, 2.05) is 23.1 Å². The second-order valence-corrected chi connectivity index (χ2v) is 7.58. The molecule has 2 fully saturated rings. The van der Waals surface area contributed by atoms with Crippen LogP contribution in [0, 0.1) is 5.92 Å². The summed E-state index contributed by atoms with van der Waals surface area (Å²) >= 11 is 0. The fourth-order valence-corrected chi connectivity index (χ4v) is 3.87. The minimum Gasteiger partial charge on any atom is -0.376 e. The predicted octanol–water partition coefficient (Wildman–Crippen LogP) is 2.71. The normalized spacial score (nSPS) is 22.4. The molecule has 0 radical (unpaired) electrons. The average Bonchev–Trinajstić information content (AvgIpc) is 3.14. The van der Waals surface area contributed by atoms with Crippen LogP contribution in [-0.4, -0.2) is 59.1 Å². The van der Waals surface area contributed by atoms with E-state index in [2.05, 4.69) is 23.7 Å². The van der Waals surface area contributed by atoms with Crippen molar-refractivity contribution in [1.29, 1.82) is 0 Å². The molecule has 0 aliphatic carbocycles. The smallest absolute Gasteiger partial charge is 0.226 e. The van der Waals surface area contributed by atoms with Gasteiger partial charge in [-0.3, -0.25) is 9.78 Å². The maximum Gasteiger partial charge on any atom is 0.226 e. The second-order valence-electron chi connectivity index (χ2n) is 7.58. The summed E-state index contributed by atoms with van der Waals surface area (Å²) < 4.78 is 5.78. The fraction of sp³-hybridized carbons (Fsp3) is 0.700. The Hall–Kier alpha value is -1.46. The van der Waals surface area contributed by atoms with Crippen LogP contribution in [-0.2, 0) is 16.1 Å². The number of pyridine rings is 1. The standard InChI is InChI=1S/C20H31N3O2/c1-16(2)22-11-8-17(9-12-22)20(24)23(15-19-7-5-13-25-19)14-18-6-3-4-10-21-18/h3-4,6,10,16-17,19H,5,7-9,11-15H2,1-2H3/t19-/m0/s1. The fourth-order valence-electron chi connectivity index (χ4n) is 3.87. The highest BCUT2D eigenvalue weighted by molar-refractivity contribution is 5.79. The van der Waals surface area contributed by atoms with Crippen LogP contribution in [0.4, 0.5) is 0 Å². The van der Waals surface area contributed by atoms with Crippen molar-refractivity contribution < 1.29 is 9.53 Å². The SMILES string of the molecule is CC(C)N1CCC(C(=O)N(Cc2ccccn2)C[C@@H]2CCCO2)CC1. The van der Waals surface area contributed by atoms with Crippen molar-refractivity contribution in [3.8, 4) is 0 Å². The van der Waals surface area contributed by atoms with E-state index in [4.69, 9.17) is 4.74 Å². The zero-order valence-electron chi connectivity index (χ0n) is 15.6. The molecule has 0 saturated carbocycles. The number of rotatable bonds is 6. The Morgan fingerprint density at radius 3 is 2.72 bits per heavy atom. The Labute approximate surface area is 151 Å². The third-order valence-corrected chi connectivity index (χ3v) is 5.45. The third kappa shape index (κ3) is 5.02. The molecule has 0 unspecified atom stereocenters. The predicted molar refractivity (Wildman–Crippen MR) is 98.1 cm³/mol. The molecule has 5 nitrogen and oxygen atoms in total. The van der Waals surface area contributed by atoms with Gasteiger partial charge in [-0.2, -0.15) is 0 Å². The molecule has 0 bridgehead atoms. The summed E-state index contributed by atoms with van der Waals surface area (Å²) in [5, 5.41) is 0. The van der Waals surface area contributed by atoms with Crippen LogP contribution in [0.15, 0.2) is 24.4 Å². The first-order valence-electron chi connectivity index (χ1n) is 9.68. The number of nitrogens with zero attached hydrogens (tertiary/aromatic N) is 3. The van der Waals surface area contributed by atoms with Crippen molar-refractivity contribution in [3.63, 3.8) is 0 Å². The van der Waals surface area contributed by atoms with E-state index in [-0.39, 0.29) is 17.9 Å². The first kappa shape index (κ1) is 18.3. The van der Waals surface area contributed by atoms with E-state index >= 15 is 0 Å². The van der Waals surface area contributed by atoms with Gasteiger partial charge in [-0.15, -0.1) is 0 Å². The lowest BCUT2D eigenvalue weighted by molar-refractivity contribution is -0.139. The lowest BCUT2D eigenvalue weighted by Crippen LogP contribution is -2.46. The molecule has 0 aromatic carbocycles. The van der Waals surface area contributed by atoms with E-state index < -0.39 is 0 Å². The number of likely N-dealkylation sites (tertiary alicyclic amines) is 1. The van der Waals surface area contributed by atoms with Gasteiger partial charge in [0.25, 0.3) is 0 Å². The monoisotopic (exact) mass is 345 g/mol. The molecule has 3 rings (SSSR count). The van der Waals surface area contributed by atoms with Gasteiger partial charge in [-0.05, 0) is 64.8 Å². The van der Waals surface area contributed by atoms with Crippen molar-refractivity contribution in [2.75, 3.05) is 26.2 Å². The van der Waals surface area contributed by atoms with Crippen molar-refractivity contribution in [1.82, 2.24) is 14.8 Å². The van der Waals surface area contributed by atoms with Crippen LogP contribution >= 0.6 is 0 Å². The topological polar surface area (TPSA) is 45.7 Å². The molecule has 1 aromatic rings. The molecule has 1 amide bonds. The van der Waals surface area contributed by atoms with Gasteiger partial charge < -0.3 is 14.5 Å². The maximum absolute atomic E-state index is 13.2. The van der Waals surface area contributed by atoms with Crippen molar-refractivity contribution >= 4 is 5.91 Å². The molecule has 2 aliphatic heterocycles. The van der Waals surface area contributed by atoms with E-state index in [0.29, 0.717) is 19.1 Å². The van der Waals surface area contributed by atoms with Gasteiger partial charge in [0.05, 0.1) is 18.3 Å².